The zero-order valence-electron chi connectivity index (χ0n) is 45.1. The number of ether oxygens (including phenoxy) is 2. The SMILES string of the molecule is CCCC/C=C\CCCCCCCC(=O)OCC(COP(=O)([O-])OCC[N+](C)(C)C)OC(=O)CCCCCCCCCCCCCCCCCCCC/C=C\C/C=C\C/C=C\CCCCCCC. The van der Waals surface area contributed by atoms with Gasteiger partial charge < -0.3 is 27.9 Å². The number of carbonyl (C=O) groups excluding carboxylic acids is 2. The van der Waals surface area contributed by atoms with Gasteiger partial charge in [-0.25, -0.2) is 0 Å². The van der Waals surface area contributed by atoms with E-state index >= 15 is 0 Å². The first-order valence-corrected chi connectivity index (χ1v) is 29.8. The highest BCUT2D eigenvalue weighted by molar-refractivity contribution is 7.45. The van der Waals surface area contributed by atoms with E-state index in [1.807, 2.05) is 21.1 Å². The zero-order valence-corrected chi connectivity index (χ0v) is 45.9. The van der Waals surface area contributed by atoms with Crippen LogP contribution < -0.4 is 4.89 Å². The maximum atomic E-state index is 12.8. The molecular formula is C58H108NO8P. The van der Waals surface area contributed by atoms with Crippen molar-refractivity contribution in [1.82, 2.24) is 0 Å². The van der Waals surface area contributed by atoms with Crippen molar-refractivity contribution in [3.05, 3.63) is 48.6 Å². The molecular weight excluding hydrogens is 870 g/mol. The van der Waals surface area contributed by atoms with Gasteiger partial charge >= 0.3 is 11.9 Å². The van der Waals surface area contributed by atoms with Crippen LogP contribution in [0.4, 0.5) is 0 Å². The third-order valence-corrected chi connectivity index (χ3v) is 13.3. The summed E-state index contributed by atoms with van der Waals surface area (Å²) in [6, 6.07) is 0. The van der Waals surface area contributed by atoms with Crippen LogP contribution in [0.15, 0.2) is 48.6 Å². The molecule has 398 valence electrons. The van der Waals surface area contributed by atoms with Crippen LogP contribution in [0, 0.1) is 0 Å². The molecule has 0 amide bonds. The minimum atomic E-state index is -4.63. The molecule has 0 aliphatic rings. The number of unbranched alkanes of at least 4 members (excludes halogenated alkanes) is 30. The van der Waals surface area contributed by atoms with E-state index < -0.39 is 32.5 Å². The summed E-state index contributed by atoms with van der Waals surface area (Å²) in [5.74, 6) is -0.838. The molecule has 10 heteroatoms. The van der Waals surface area contributed by atoms with Crippen LogP contribution in [0.3, 0.4) is 0 Å². The summed E-state index contributed by atoms with van der Waals surface area (Å²) >= 11 is 0. The largest absolute Gasteiger partial charge is 0.756 e. The van der Waals surface area contributed by atoms with Crippen LogP contribution >= 0.6 is 7.82 Å². The number of esters is 2. The van der Waals surface area contributed by atoms with Crippen LogP contribution in [-0.2, 0) is 32.7 Å². The lowest BCUT2D eigenvalue weighted by Crippen LogP contribution is -2.37. The minimum absolute atomic E-state index is 0.0316. The molecule has 0 saturated heterocycles. The van der Waals surface area contributed by atoms with E-state index in [1.165, 1.54) is 148 Å². The number of carbonyl (C=O) groups is 2. The summed E-state index contributed by atoms with van der Waals surface area (Å²) in [7, 11) is 1.17. The predicted octanol–water partition coefficient (Wildman–Crippen LogP) is 16.7. The van der Waals surface area contributed by atoms with Crippen molar-refractivity contribution in [2.75, 3.05) is 47.5 Å². The van der Waals surface area contributed by atoms with Crippen LogP contribution in [0.25, 0.3) is 0 Å². The number of likely N-dealkylation sites (N-methyl/N-ethyl adjacent to an activating group) is 1. The summed E-state index contributed by atoms with van der Waals surface area (Å²) in [6.45, 7) is 4.19. The van der Waals surface area contributed by atoms with E-state index in [2.05, 4.69) is 62.5 Å². The van der Waals surface area contributed by atoms with Crippen molar-refractivity contribution in [3.63, 3.8) is 0 Å². The fraction of sp³-hybridized carbons (Fsp3) is 0.828. The molecule has 0 spiro atoms. The summed E-state index contributed by atoms with van der Waals surface area (Å²) in [5.41, 5.74) is 0. The standard InChI is InChI=1S/C58H108NO8P/c1-6-8-10-12-14-16-18-19-20-21-22-23-24-25-26-27-28-29-30-31-32-33-34-35-36-37-38-39-41-43-45-47-49-51-58(61)67-56(55-66-68(62,63)65-53-52-59(3,4)5)54-64-57(60)50-48-46-44-42-40-17-15-13-11-9-7-2/h13,15,18-19,21-22,24-25,56H,6-12,14,16-17,20,23,26-55H2,1-5H3/b15-13-,19-18-,22-21-,25-24-. The summed E-state index contributed by atoms with van der Waals surface area (Å²) < 4.78 is 34.0. The van der Waals surface area contributed by atoms with E-state index in [1.54, 1.807) is 0 Å². The number of phosphoric acid groups is 1. The Morgan fingerprint density at radius 3 is 1.24 bits per heavy atom. The molecule has 68 heavy (non-hydrogen) atoms. The quantitative estimate of drug-likeness (QED) is 0.0195. The molecule has 0 radical (unpaired) electrons. The number of allylic oxidation sites excluding steroid dienone is 8. The average molecular weight is 978 g/mol. The Bertz CT molecular complexity index is 1290. The third-order valence-electron chi connectivity index (χ3n) is 12.3. The minimum Gasteiger partial charge on any atom is -0.756 e. The van der Waals surface area contributed by atoms with Crippen LogP contribution in [0.5, 0.6) is 0 Å². The maximum absolute atomic E-state index is 12.8. The van der Waals surface area contributed by atoms with Gasteiger partial charge in [-0.05, 0) is 70.6 Å². The topological polar surface area (TPSA) is 111 Å². The molecule has 0 aromatic heterocycles. The second kappa shape index (κ2) is 49.9. The first-order chi connectivity index (χ1) is 33.0. The lowest BCUT2D eigenvalue weighted by molar-refractivity contribution is -0.870. The first kappa shape index (κ1) is 66.0. The highest BCUT2D eigenvalue weighted by Crippen LogP contribution is 2.38. The fourth-order valence-electron chi connectivity index (χ4n) is 7.88. The molecule has 2 atom stereocenters. The molecule has 9 nitrogen and oxygen atoms in total. The number of phosphoric ester groups is 1. The van der Waals surface area contributed by atoms with E-state index in [0.717, 1.165) is 77.0 Å². The molecule has 0 rings (SSSR count). The summed E-state index contributed by atoms with van der Waals surface area (Å²) in [5, 5.41) is 0. The van der Waals surface area contributed by atoms with Gasteiger partial charge in [0.15, 0.2) is 6.10 Å². The van der Waals surface area contributed by atoms with Gasteiger partial charge in [-0.15, -0.1) is 0 Å². The molecule has 0 aromatic rings. The van der Waals surface area contributed by atoms with Gasteiger partial charge in [-0.3, -0.25) is 14.2 Å². The van der Waals surface area contributed by atoms with Crippen LogP contribution in [0.1, 0.15) is 258 Å². The fourth-order valence-corrected chi connectivity index (χ4v) is 8.61. The van der Waals surface area contributed by atoms with Crippen LogP contribution in [-0.4, -0.2) is 70.0 Å². The van der Waals surface area contributed by atoms with Gasteiger partial charge in [0, 0.05) is 12.8 Å². The smallest absolute Gasteiger partial charge is 0.306 e. The lowest BCUT2D eigenvalue weighted by Gasteiger charge is -2.28. The van der Waals surface area contributed by atoms with Crippen molar-refractivity contribution >= 4 is 19.8 Å². The van der Waals surface area contributed by atoms with Crippen LogP contribution in [0.2, 0.25) is 0 Å². The van der Waals surface area contributed by atoms with Crippen molar-refractivity contribution in [3.8, 4) is 0 Å². The number of hydrogen-bond acceptors (Lipinski definition) is 8. The van der Waals surface area contributed by atoms with Gasteiger partial charge in [-0.1, -0.05) is 223 Å². The molecule has 2 unspecified atom stereocenters. The normalized spacial score (nSPS) is 13.7. The average Bonchev–Trinajstić information content (AvgIpc) is 3.30. The van der Waals surface area contributed by atoms with E-state index in [4.69, 9.17) is 18.5 Å². The molecule has 0 aliphatic carbocycles. The van der Waals surface area contributed by atoms with E-state index in [0.29, 0.717) is 17.4 Å². The van der Waals surface area contributed by atoms with Crippen molar-refractivity contribution in [2.24, 2.45) is 0 Å². The first-order valence-electron chi connectivity index (χ1n) is 28.3. The second-order valence-corrected chi connectivity index (χ2v) is 21.7. The monoisotopic (exact) mass is 978 g/mol. The van der Waals surface area contributed by atoms with E-state index in [9.17, 15) is 19.0 Å². The number of nitrogens with zero attached hydrogens (tertiary/aromatic N) is 1. The Balaban J connectivity index is 3.99. The zero-order chi connectivity index (χ0) is 49.9. The Hall–Kier alpha value is -2.03. The molecule has 0 N–H and O–H groups in total. The molecule has 0 aliphatic heterocycles. The summed E-state index contributed by atoms with van der Waals surface area (Å²) in [4.78, 5) is 37.7. The molecule has 0 heterocycles. The molecule has 0 fully saturated rings. The Morgan fingerprint density at radius 1 is 0.456 bits per heavy atom. The number of quaternary nitrogens is 1. The van der Waals surface area contributed by atoms with Gasteiger partial charge in [0.2, 0.25) is 0 Å². The van der Waals surface area contributed by atoms with Crippen molar-refractivity contribution < 1.29 is 42.1 Å². The Labute approximate surface area is 420 Å². The Kier molecular flexibility index (Phi) is 48.4. The Morgan fingerprint density at radius 2 is 0.809 bits per heavy atom. The maximum Gasteiger partial charge on any atom is 0.306 e. The van der Waals surface area contributed by atoms with Gasteiger partial charge in [0.25, 0.3) is 7.82 Å². The third kappa shape index (κ3) is 53.3. The highest BCUT2D eigenvalue weighted by atomic mass is 31.2. The predicted molar refractivity (Wildman–Crippen MR) is 287 cm³/mol. The lowest BCUT2D eigenvalue weighted by atomic mass is 10.0. The van der Waals surface area contributed by atoms with Gasteiger partial charge in [-0.2, -0.15) is 0 Å². The molecule has 0 saturated carbocycles. The number of rotatable bonds is 52. The molecule has 0 aromatic carbocycles. The number of hydrogen-bond donors (Lipinski definition) is 0. The van der Waals surface area contributed by atoms with Gasteiger partial charge in [0.05, 0.1) is 27.7 Å². The molecule has 0 bridgehead atoms. The summed E-state index contributed by atoms with van der Waals surface area (Å²) in [6.07, 6.45) is 61.8. The van der Waals surface area contributed by atoms with E-state index in [-0.39, 0.29) is 26.1 Å². The second-order valence-electron chi connectivity index (χ2n) is 20.3. The van der Waals surface area contributed by atoms with Crippen molar-refractivity contribution in [1.29, 1.82) is 0 Å². The van der Waals surface area contributed by atoms with Gasteiger partial charge in [0.1, 0.15) is 19.8 Å². The van der Waals surface area contributed by atoms with Crippen molar-refractivity contribution in [2.45, 2.75) is 264 Å². The highest BCUT2D eigenvalue weighted by Gasteiger charge is 2.21.